The average Bonchev–Trinajstić information content (AvgIpc) is 2.77. The van der Waals surface area contributed by atoms with Crippen LogP contribution in [0.1, 0.15) is 55.8 Å². The Morgan fingerprint density at radius 1 is 1.39 bits per heavy atom. The molecule has 2 N–H and O–H groups in total. The number of esters is 1. The number of nitrogens with one attached hydrogen (secondary N) is 2. The van der Waals surface area contributed by atoms with E-state index in [2.05, 4.69) is 15.3 Å². The van der Waals surface area contributed by atoms with Gasteiger partial charge in [-0.25, -0.2) is 9.78 Å². The van der Waals surface area contributed by atoms with E-state index in [0.29, 0.717) is 11.6 Å². The molecular formula is C13H21N3O2. The Hall–Kier alpha value is -1.36. The first kappa shape index (κ1) is 13.1. The van der Waals surface area contributed by atoms with Gasteiger partial charge >= 0.3 is 5.97 Å². The summed E-state index contributed by atoms with van der Waals surface area (Å²) < 4.78 is 5.30. The second-order valence-electron chi connectivity index (χ2n) is 5.71. The monoisotopic (exact) mass is 251 g/mol. The van der Waals surface area contributed by atoms with Gasteiger partial charge in [-0.1, -0.05) is 0 Å². The third-order valence-electron chi connectivity index (χ3n) is 2.94. The Labute approximate surface area is 107 Å². The molecule has 100 valence electrons. The molecule has 0 saturated carbocycles. The summed E-state index contributed by atoms with van der Waals surface area (Å²) in [7, 11) is 0. The largest absolute Gasteiger partial charge is 0.455 e. The van der Waals surface area contributed by atoms with Gasteiger partial charge < -0.3 is 15.0 Å². The van der Waals surface area contributed by atoms with Crippen LogP contribution < -0.4 is 5.32 Å². The number of aromatic nitrogens is 2. The van der Waals surface area contributed by atoms with Crippen LogP contribution in [0.15, 0.2) is 6.20 Å². The molecule has 5 heteroatoms. The molecule has 0 radical (unpaired) electrons. The van der Waals surface area contributed by atoms with E-state index < -0.39 is 5.60 Å². The minimum atomic E-state index is -0.475. The molecule has 0 atom stereocenters. The predicted octanol–water partition coefficient (Wildman–Crippen LogP) is 1.83. The van der Waals surface area contributed by atoms with Crippen LogP contribution in [0, 0.1) is 0 Å². The van der Waals surface area contributed by atoms with Gasteiger partial charge in [-0.05, 0) is 46.7 Å². The van der Waals surface area contributed by atoms with Gasteiger partial charge in [0.25, 0.3) is 0 Å². The van der Waals surface area contributed by atoms with Crippen molar-refractivity contribution in [3.8, 4) is 0 Å². The average molecular weight is 251 g/mol. The van der Waals surface area contributed by atoms with E-state index in [1.54, 1.807) is 6.20 Å². The van der Waals surface area contributed by atoms with E-state index >= 15 is 0 Å². The highest BCUT2D eigenvalue weighted by Crippen LogP contribution is 2.22. The molecule has 18 heavy (non-hydrogen) atoms. The van der Waals surface area contributed by atoms with Crippen molar-refractivity contribution in [1.82, 2.24) is 15.3 Å². The number of hydrogen-bond donors (Lipinski definition) is 2. The van der Waals surface area contributed by atoms with Gasteiger partial charge in [0.1, 0.15) is 17.1 Å². The molecule has 2 rings (SSSR count). The van der Waals surface area contributed by atoms with Crippen LogP contribution in [0.2, 0.25) is 0 Å². The van der Waals surface area contributed by atoms with Crippen molar-refractivity contribution in [2.75, 3.05) is 13.1 Å². The first-order valence-electron chi connectivity index (χ1n) is 6.45. The highest BCUT2D eigenvalue weighted by atomic mass is 16.6. The molecule has 0 spiro atoms. The second-order valence-corrected chi connectivity index (χ2v) is 5.71. The van der Waals surface area contributed by atoms with Crippen LogP contribution in [-0.2, 0) is 4.74 Å². The molecule has 0 amide bonds. The molecule has 1 aromatic rings. The van der Waals surface area contributed by atoms with Crippen molar-refractivity contribution >= 4 is 5.97 Å². The highest BCUT2D eigenvalue weighted by molar-refractivity contribution is 5.87. The van der Waals surface area contributed by atoms with Crippen molar-refractivity contribution < 1.29 is 9.53 Å². The van der Waals surface area contributed by atoms with Crippen molar-refractivity contribution in [3.63, 3.8) is 0 Å². The minimum absolute atomic E-state index is 0.338. The fourth-order valence-corrected chi connectivity index (χ4v) is 2.08. The van der Waals surface area contributed by atoms with Gasteiger partial charge in [-0.2, -0.15) is 0 Å². The van der Waals surface area contributed by atoms with Gasteiger partial charge in [-0.3, -0.25) is 0 Å². The highest BCUT2D eigenvalue weighted by Gasteiger charge is 2.22. The maximum atomic E-state index is 11.9. The first-order chi connectivity index (χ1) is 8.46. The summed E-state index contributed by atoms with van der Waals surface area (Å²) >= 11 is 0. The number of hydrogen-bond acceptors (Lipinski definition) is 4. The topological polar surface area (TPSA) is 67.0 Å². The van der Waals surface area contributed by atoms with Crippen molar-refractivity contribution in [1.29, 1.82) is 0 Å². The Morgan fingerprint density at radius 3 is 2.67 bits per heavy atom. The summed E-state index contributed by atoms with van der Waals surface area (Å²) in [5.41, 5.74) is -0.0321. The lowest BCUT2D eigenvalue weighted by atomic mass is 9.98. The molecule has 1 aliphatic heterocycles. The lowest BCUT2D eigenvalue weighted by molar-refractivity contribution is 0.00632. The van der Waals surface area contributed by atoms with Crippen LogP contribution in [-0.4, -0.2) is 34.6 Å². The summed E-state index contributed by atoms with van der Waals surface area (Å²) in [6, 6.07) is 0. The molecule has 5 nitrogen and oxygen atoms in total. The van der Waals surface area contributed by atoms with E-state index in [1.165, 1.54) is 0 Å². The number of carbonyl (C=O) groups is 1. The summed E-state index contributed by atoms with van der Waals surface area (Å²) in [5.74, 6) is 0.981. The summed E-state index contributed by atoms with van der Waals surface area (Å²) in [6.45, 7) is 7.58. The molecule has 1 aromatic heterocycles. The van der Waals surface area contributed by atoms with Crippen molar-refractivity contribution in [3.05, 3.63) is 17.7 Å². The number of rotatable bonds is 2. The Kier molecular flexibility index (Phi) is 3.71. The first-order valence-corrected chi connectivity index (χ1v) is 6.45. The quantitative estimate of drug-likeness (QED) is 0.787. The number of aromatic amines is 1. The zero-order chi connectivity index (χ0) is 13.2. The lowest BCUT2D eigenvalue weighted by Gasteiger charge is -2.20. The zero-order valence-electron chi connectivity index (χ0n) is 11.2. The second kappa shape index (κ2) is 5.10. The number of H-pyrrole nitrogens is 1. The van der Waals surface area contributed by atoms with Crippen LogP contribution >= 0.6 is 0 Å². The third kappa shape index (κ3) is 3.32. The van der Waals surface area contributed by atoms with Crippen molar-refractivity contribution in [2.24, 2.45) is 0 Å². The zero-order valence-corrected chi connectivity index (χ0v) is 11.2. The third-order valence-corrected chi connectivity index (χ3v) is 2.94. The molecule has 0 aromatic carbocycles. The number of carbonyl (C=O) groups excluding carboxylic acids is 1. The maximum absolute atomic E-state index is 11.9. The van der Waals surface area contributed by atoms with Crippen LogP contribution in [0.3, 0.4) is 0 Å². The Morgan fingerprint density at radius 2 is 2.06 bits per heavy atom. The molecule has 1 aliphatic rings. The van der Waals surface area contributed by atoms with E-state index in [1.807, 2.05) is 20.8 Å². The van der Waals surface area contributed by atoms with Gasteiger partial charge in [0, 0.05) is 5.92 Å². The van der Waals surface area contributed by atoms with Gasteiger partial charge in [-0.15, -0.1) is 0 Å². The fraction of sp³-hybridized carbons (Fsp3) is 0.692. The van der Waals surface area contributed by atoms with Crippen LogP contribution in [0.5, 0.6) is 0 Å². The maximum Gasteiger partial charge on any atom is 0.356 e. The standard InChI is InChI=1S/C13H21N3O2/c1-13(2,3)18-12(17)10-8-15-11(16-10)9-4-6-14-7-5-9/h8-9,14H,4-7H2,1-3H3,(H,15,16). The number of piperidine rings is 1. The van der Waals surface area contributed by atoms with Gasteiger partial charge in [0.2, 0.25) is 0 Å². The van der Waals surface area contributed by atoms with E-state index in [9.17, 15) is 4.79 Å². The van der Waals surface area contributed by atoms with Crippen LogP contribution in [0.25, 0.3) is 0 Å². The van der Waals surface area contributed by atoms with E-state index in [-0.39, 0.29) is 5.97 Å². The van der Waals surface area contributed by atoms with Crippen molar-refractivity contribution in [2.45, 2.75) is 45.1 Å². The van der Waals surface area contributed by atoms with E-state index in [4.69, 9.17) is 4.74 Å². The molecule has 0 unspecified atom stereocenters. The molecule has 1 fully saturated rings. The smallest absolute Gasteiger partial charge is 0.356 e. The SMILES string of the molecule is CC(C)(C)OC(=O)c1cnc(C2CCNCC2)[nH]1. The molecular weight excluding hydrogens is 230 g/mol. The predicted molar refractivity (Wildman–Crippen MR) is 68.6 cm³/mol. The molecule has 0 bridgehead atoms. The van der Waals surface area contributed by atoms with Gasteiger partial charge in [0.05, 0.1) is 6.20 Å². The number of ether oxygens (including phenoxy) is 1. The minimum Gasteiger partial charge on any atom is -0.455 e. The normalized spacial score (nSPS) is 17.7. The fourth-order valence-electron chi connectivity index (χ4n) is 2.08. The summed E-state index contributed by atoms with van der Waals surface area (Å²) in [4.78, 5) is 19.2. The van der Waals surface area contributed by atoms with Crippen LogP contribution in [0.4, 0.5) is 0 Å². The number of imidazole rings is 1. The Bertz CT molecular complexity index is 414. The summed E-state index contributed by atoms with van der Waals surface area (Å²) in [6.07, 6.45) is 3.69. The number of nitrogens with zero attached hydrogens (tertiary/aromatic N) is 1. The molecule has 2 heterocycles. The van der Waals surface area contributed by atoms with E-state index in [0.717, 1.165) is 31.8 Å². The lowest BCUT2D eigenvalue weighted by Crippen LogP contribution is -2.27. The van der Waals surface area contributed by atoms with Gasteiger partial charge in [0.15, 0.2) is 0 Å². The summed E-state index contributed by atoms with van der Waals surface area (Å²) in [5, 5.41) is 3.31. The Balaban J connectivity index is 2.03. The molecule has 1 saturated heterocycles. The molecule has 0 aliphatic carbocycles.